The number of ether oxygens (including phenoxy) is 1. The smallest absolute Gasteiger partial charge is 0.416 e. The highest BCUT2D eigenvalue weighted by atomic mass is 32.2. The number of rotatable bonds is 10. The summed E-state index contributed by atoms with van der Waals surface area (Å²) in [6.07, 6.45) is 0.686. The summed E-state index contributed by atoms with van der Waals surface area (Å²) >= 11 is 1.60. The monoisotopic (exact) mass is 679 g/mol. The largest absolute Gasteiger partial charge is 0.480 e. The van der Waals surface area contributed by atoms with E-state index in [1.807, 2.05) is 38.1 Å². The number of hydrogen-bond acceptors (Lipinski definition) is 9. The first kappa shape index (κ1) is 35.7. The lowest BCUT2D eigenvalue weighted by Gasteiger charge is -2.37. The molecule has 1 amide bonds. The molecule has 47 heavy (non-hydrogen) atoms. The number of carboxylic acid groups (broad SMARTS) is 1. The van der Waals surface area contributed by atoms with Crippen molar-refractivity contribution in [3.8, 4) is 10.6 Å². The van der Waals surface area contributed by atoms with Gasteiger partial charge >= 0.3 is 12.1 Å². The van der Waals surface area contributed by atoms with Gasteiger partial charge in [-0.15, -0.1) is 11.3 Å². The maximum absolute atomic E-state index is 13.6. The second kappa shape index (κ2) is 13.9. The van der Waals surface area contributed by atoms with Crippen molar-refractivity contribution in [1.82, 2.24) is 19.7 Å². The van der Waals surface area contributed by atoms with Crippen LogP contribution in [0, 0.1) is 19.3 Å². The number of anilines is 1. The Labute approximate surface area is 280 Å². The Morgan fingerprint density at radius 3 is 2.17 bits per heavy atom. The highest BCUT2D eigenvalue weighted by Gasteiger charge is 2.43. The maximum Gasteiger partial charge on any atom is 0.416 e. The van der Waals surface area contributed by atoms with Crippen molar-refractivity contribution in [3.63, 3.8) is 0 Å². The van der Waals surface area contributed by atoms with Gasteiger partial charge in [0, 0.05) is 16.6 Å². The van der Waals surface area contributed by atoms with E-state index < -0.39 is 45.2 Å². The lowest BCUT2D eigenvalue weighted by atomic mass is 9.85. The molecular weight excluding hydrogens is 639 g/mol. The molecule has 11 nitrogen and oxygen atoms in total. The van der Waals surface area contributed by atoms with Gasteiger partial charge in [-0.2, -0.15) is 0 Å². The Balaban J connectivity index is 1.79. The van der Waals surface area contributed by atoms with Crippen LogP contribution in [-0.2, 0) is 26.0 Å². The third-order valence-corrected chi connectivity index (χ3v) is 9.65. The second-order valence-corrected chi connectivity index (χ2v) is 16.1. The highest BCUT2D eigenvalue weighted by Crippen LogP contribution is 2.32. The lowest BCUT2D eigenvalue weighted by Crippen LogP contribution is -2.54. The molecule has 0 aliphatic carbocycles. The molecule has 0 saturated carbocycles. The van der Waals surface area contributed by atoms with Crippen LogP contribution in [0.3, 0.4) is 0 Å². The molecule has 2 N–H and O–H groups in total. The summed E-state index contributed by atoms with van der Waals surface area (Å²) in [4.78, 5) is 41.7. The number of aryl methyl sites for hydroxylation is 2. The van der Waals surface area contributed by atoms with Crippen LogP contribution in [0.15, 0.2) is 71.9 Å². The Morgan fingerprint density at radius 2 is 1.64 bits per heavy atom. The van der Waals surface area contributed by atoms with Crippen molar-refractivity contribution < 1.29 is 27.9 Å². The summed E-state index contributed by atoms with van der Waals surface area (Å²) in [5.74, 6) is -1.24. The quantitative estimate of drug-likeness (QED) is 0.186. The molecule has 0 aliphatic rings. The minimum Gasteiger partial charge on any atom is -0.480 e. The fourth-order valence-corrected chi connectivity index (χ4v) is 6.93. The van der Waals surface area contributed by atoms with E-state index in [1.165, 1.54) is 18.3 Å². The Morgan fingerprint density at radius 1 is 0.957 bits per heavy atom. The van der Waals surface area contributed by atoms with Gasteiger partial charge in [-0.1, -0.05) is 57.2 Å². The molecule has 250 valence electrons. The Hall–Kier alpha value is -4.20. The van der Waals surface area contributed by atoms with Gasteiger partial charge in [-0.25, -0.2) is 42.6 Å². The zero-order valence-corrected chi connectivity index (χ0v) is 29.4. The van der Waals surface area contributed by atoms with Crippen molar-refractivity contribution in [2.75, 3.05) is 4.90 Å². The molecule has 0 aliphatic heterocycles. The third-order valence-electron chi connectivity index (χ3n) is 7.14. The van der Waals surface area contributed by atoms with Crippen LogP contribution in [0.4, 0.5) is 10.6 Å². The van der Waals surface area contributed by atoms with E-state index in [0.29, 0.717) is 0 Å². The van der Waals surface area contributed by atoms with Crippen LogP contribution in [0.25, 0.3) is 10.6 Å². The van der Waals surface area contributed by atoms with Gasteiger partial charge in [0.2, 0.25) is 0 Å². The molecule has 0 fully saturated rings. The number of sulfonamides is 1. The number of hydrogen-bond donors (Lipinski definition) is 2. The van der Waals surface area contributed by atoms with Crippen molar-refractivity contribution >= 4 is 39.2 Å². The molecule has 2 atom stereocenters. The van der Waals surface area contributed by atoms with Crippen molar-refractivity contribution in [2.24, 2.45) is 5.41 Å². The molecule has 13 heteroatoms. The standard InChI is InChI=1S/C34H41N5O6S2/c1-21-22(2)46-30(36-21)24-17-15-23(16-18-24)20-26(38-47(43,44)28-14-9-10-19-35-28)25-12-11-13-27(37-25)39(32(42)45-34(6,7)8)29(31(40)41)33(3,4)5/h9-19,26,29,38H,20H2,1-8H3,(H,40,41). The van der Waals surface area contributed by atoms with Gasteiger partial charge in [-0.3, -0.25) is 0 Å². The molecule has 2 unspecified atom stereocenters. The average Bonchev–Trinajstić information content (AvgIpc) is 3.32. The second-order valence-electron chi connectivity index (χ2n) is 13.3. The fourth-order valence-electron chi connectivity index (χ4n) is 4.85. The van der Waals surface area contributed by atoms with Crippen molar-refractivity contribution in [1.29, 1.82) is 0 Å². The van der Waals surface area contributed by atoms with Crippen LogP contribution in [0.2, 0.25) is 0 Å². The zero-order valence-electron chi connectivity index (χ0n) is 27.8. The van der Waals surface area contributed by atoms with Crippen LogP contribution in [0.5, 0.6) is 0 Å². The average molecular weight is 680 g/mol. The molecule has 0 spiro atoms. The van der Waals surface area contributed by atoms with Crippen molar-refractivity contribution in [3.05, 3.63) is 88.7 Å². The number of pyridine rings is 2. The molecule has 0 bridgehead atoms. The SMILES string of the molecule is Cc1nc(-c2ccc(CC(NS(=O)(=O)c3ccccn3)c3cccc(N(C(=O)OC(C)(C)C)C(C(=O)O)C(C)(C)C)n3)cc2)sc1C. The van der Waals surface area contributed by atoms with E-state index in [-0.39, 0.29) is 23.0 Å². The first-order valence-electron chi connectivity index (χ1n) is 15.0. The summed E-state index contributed by atoms with van der Waals surface area (Å²) in [5, 5.41) is 11.0. The Kier molecular flexibility index (Phi) is 10.5. The molecule has 1 aromatic carbocycles. The number of benzene rings is 1. The van der Waals surface area contributed by atoms with Gasteiger partial charge in [0.25, 0.3) is 10.0 Å². The highest BCUT2D eigenvalue weighted by molar-refractivity contribution is 7.89. The first-order chi connectivity index (χ1) is 21.9. The number of amides is 1. The predicted octanol–water partition coefficient (Wildman–Crippen LogP) is 6.72. The van der Waals surface area contributed by atoms with Gasteiger partial charge in [-0.05, 0) is 76.3 Å². The van der Waals surface area contributed by atoms with E-state index >= 15 is 0 Å². The number of carbonyl (C=O) groups is 2. The van der Waals surface area contributed by atoms with Gasteiger partial charge in [0.05, 0.1) is 17.4 Å². The summed E-state index contributed by atoms with van der Waals surface area (Å²) in [6, 6.07) is 14.7. The molecule has 0 radical (unpaired) electrons. The molecule has 4 aromatic rings. The van der Waals surface area contributed by atoms with Crippen LogP contribution in [0.1, 0.15) is 69.4 Å². The number of nitrogens with zero attached hydrogens (tertiary/aromatic N) is 4. The number of aliphatic carboxylic acids is 1. The van der Waals surface area contributed by atoms with E-state index in [9.17, 15) is 23.1 Å². The van der Waals surface area contributed by atoms with Crippen LogP contribution < -0.4 is 9.62 Å². The van der Waals surface area contributed by atoms with Crippen molar-refractivity contribution in [2.45, 2.75) is 84.5 Å². The molecule has 4 rings (SSSR count). The van der Waals surface area contributed by atoms with Gasteiger partial charge in [0.15, 0.2) is 5.03 Å². The molecule has 3 heterocycles. The third kappa shape index (κ3) is 8.99. The summed E-state index contributed by atoms with van der Waals surface area (Å²) in [7, 11) is -4.12. The van der Waals surface area contributed by atoms with E-state index in [0.717, 1.165) is 31.6 Å². The van der Waals surface area contributed by atoms with Crippen LogP contribution in [-0.4, -0.2) is 52.2 Å². The lowest BCUT2D eigenvalue weighted by molar-refractivity contribution is -0.141. The van der Waals surface area contributed by atoms with E-state index in [4.69, 9.17) is 9.72 Å². The number of aromatic nitrogens is 3. The molecular formula is C34H41N5O6S2. The molecule has 3 aromatic heterocycles. The number of thiazole rings is 1. The van der Waals surface area contributed by atoms with E-state index in [2.05, 4.69) is 14.7 Å². The predicted molar refractivity (Wildman–Crippen MR) is 182 cm³/mol. The summed E-state index contributed by atoms with van der Waals surface area (Å²) < 4.78 is 35.4. The summed E-state index contributed by atoms with van der Waals surface area (Å²) in [6.45, 7) is 14.2. The van der Waals surface area contributed by atoms with Crippen LogP contribution >= 0.6 is 11.3 Å². The fraction of sp³-hybridized carbons (Fsp3) is 0.382. The number of nitrogens with one attached hydrogen (secondary N) is 1. The minimum atomic E-state index is -4.12. The zero-order chi connectivity index (χ0) is 34.7. The molecule has 0 saturated heterocycles. The summed E-state index contributed by atoms with van der Waals surface area (Å²) in [5.41, 5.74) is 1.15. The number of carboxylic acids is 1. The topological polar surface area (TPSA) is 152 Å². The van der Waals surface area contributed by atoms with E-state index in [1.54, 1.807) is 77.1 Å². The normalized spacial score (nSPS) is 13.5. The number of carbonyl (C=O) groups excluding carboxylic acids is 1. The first-order valence-corrected chi connectivity index (χ1v) is 17.3. The van der Waals surface area contributed by atoms with Gasteiger partial charge < -0.3 is 9.84 Å². The minimum absolute atomic E-state index is 0.00552. The Bertz CT molecular complexity index is 1810. The maximum atomic E-state index is 13.6. The van der Waals surface area contributed by atoms with Gasteiger partial charge in [0.1, 0.15) is 22.5 Å².